The SMILES string of the molecule is O=Nc1ccc2c(c1)OC(O)(O)O2. The molecule has 1 aromatic rings. The maximum Gasteiger partial charge on any atom is 0.505 e. The molecule has 2 N–H and O–H groups in total. The second-order valence-electron chi connectivity index (χ2n) is 2.47. The average molecular weight is 183 g/mol. The molecule has 0 aliphatic carbocycles. The summed E-state index contributed by atoms with van der Waals surface area (Å²) < 4.78 is 9.07. The van der Waals surface area contributed by atoms with Crippen molar-refractivity contribution in [3.8, 4) is 11.5 Å². The van der Waals surface area contributed by atoms with Crippen LogP contribution in [-0.4, -0.2) is 16.4 Å². The third-order valence-corrected chi connectivity index (χ3v) is 1.52. The van der Waals surface area contributed by atoms with Crippen molar-refractivity contribution in [3.63, 3.8) is 0 Å². The summed E-state index contributed by atoms with van der Waals surface area (Å²) in [7, 11) is 0. The van der Waals surface area contributed by atoms with Crippen LogP contribution in [0.25, 0.3) is 0 Å². The van der Waals surface area contributed by atoms with Gasteiger partial charge in [0.15, 0.2) is 11.5 Å². The van der Waals surface area contributed by atoms with E-state index in [2.05, 4.69) is 14.7 Å². The van der Waals surface area contributed by atoms with Gasteiger partial charge < -0.3 is 9.47 Å². The summed E-state index contributed by atoms with van der Waals surface area (Å²) in [4.78, 5) is 10.1. The van der Waals surface area contributed by atoms with Crippen LogP contribution < -0.4 is 9.47 Å². The quantitative estimate of drug-likeness (QED) is 0.487. The van der Waals surface area contributed by atoms with Crippen molar-refractivity contribution >= 4 is 5.69 Å². The van der Waals surface area contributed by atoms with Gasteiger partial charge in [-0.1, -0.05) is 0 Å². The molecule has 13 heavy (non-hydrogen) atoms. The van der Waals surface area contributed by atoms with E-state index in [4.69, 9.17) is 10.2 Å². The van der Waals surface area contributed by atoms with Crippen LogP contribution in [0.5, 0.6) is 11.5 Å². The highest BCUT2D eigenvalue weighted by Crippen LogP contribution is 2.39. The molecule has 1 aliphatic heterocycles. The van der Waals surface area contributed by atoms with Crippen molar-refractivity contribution in [2.45, 2.75) is 6.16 Å². The molecule has 68 valence electrons. The fourth-order valence-electron chi connectivity index (χ4n) is 1.02. The van der Waals surface area contributed by atoms with Crippen molar-refractivity contribution in [2.24, 2.45) is 5.18 Å². The maximum absolute atomic E-state index is 10.1. The molecule has 1 aliphatic rings. The van der Waals surface area contributed by atoms with E-state index in [0.717, 1.165) is 0 Å². The number of hydrogen-bond acceptors (Lipinski definition) is 6. The molecule has 6 nitrogen and oxygen atoms in total. The lowest BCUT2D eigenvalue weighted by molar-refractivity contribution is -0.385. The second-order valence-corrected chi connectivity index (χ2v) is 2.47. The molecule has 0 atom stereocenters. The van der Waals surface area contributed by atoms with Crippen LogP contribution >= 0.6 is 0 Å². The molecule has 0 bridgehead atoms. The van der Waals surface area contributed by atoms with Crippen molar-refractivity contribution in [1.29, 1.82) is 0 Å². The number of fused-ring (bicyclic) bond motifs is 1. The van der Waals surface area contributed by atoms with Gasteiger partial charge in [0, 0.05) is 6.07 Å². The molecule has 2 rings (SSSR count). The van der Waals surface area contributed by atoms with Gasteiger partial charge in [-0.05, 0) is 17.3 Å². The Kier molecular flexibility index (Phi) is 1.48. The van der Waals surface area contributed by atoms with Crippen molar-refractivity contribution in [3.05, 3.63) is 23.1 Å². The van der Waals surface area contributed by atoms with Crippen LogP contribution in [-0.2, 0) is 0 Å². The van der Waals surface area contributed by atoms with Gasteiger partial charge >= 0.3 is 6.16 Å². The predicted octanol–water partition coefficient (Wildman–Crippen LogP) is 0.452. The lowest BCUT2D eigenvalue weighted by atomic mass is 10.3. The topological polar surface area (TPSA) is 88.4 Å². The van der Waals surface area contributed by atoms with Gasteiger partial charge in [0.2, 0.25) is 0 Å². The van der Waals surface area contributed by atoms with Gasteiger partial charge in [0.1, 0.15) is 5.69 Å². The van der Waals surface area contributed by atoms with Gasteiger partial charge in [-0.3, -0.25) is 10.2 Å². The van der Waals surface area contributed by atoms with Gasteiger partial charge in [0.05, 0.1) is 0 Å². The van der Waals surface area contributed by atoms with Crippen molar-refractivity contribution < 1.29 is 19.7 Å². The minimum atomic E-state index is -2.65. The van der Waals surface area contributed by atoms with Crippen LogP contribution in [0.2, 0.25) is 0 Å². The van der Waals surface area contributed by atoms with Crippen LogP contribution in [0.15, 0.2) is 23.4 Å². The number of aliphatic hydroxyl groups is 2. The Morgan fingerprint density at radius 1 is 1.23 bits per heavy atom. The Morgan fingerprint density at radius 2 is 1.92 bits per heavy atom. The molecular formula is C7H5NO5. The number of hydrogen-bond donors (Lipinski definition) is 2. The lowest BCUT2D eigenvalue weighted by Crippen LogP contribution is -2.37. The van der Waals surface area contributed by atoms with E-state index in [9.17, 15) is 4.91 Å². The van der Waals surface area contributed by atoms with Crippen LogP contribution in [0.4, 0.5) is 5.69 Å². The van der Waals surface area contributed by atoms with E-state index in [1.165, 1.54) is 18.2 Å². The second kappa shape index (κ2) is 2.41. The van der Waals surface area contributed by atoms with Crippen molar-refractivity contribution in [1.82, 2.24) is 0 Å². The smallest absolute Gasteiger partial charge is 0.403 e. The first-order chi connectivity index (χ1) is 6.11. The molecule has 1 aromatic carbocycles. The summed E-state index contributed by atoms with van der Waals surface area (Å²) in [5.41, 5.74) is 0.125. The molecular weight excluding hydrogens is 178 g/mol. The van der Waals surface area contributed by atoms with E-state index >= 15 is 0 Å². The first kappa shape index (κ1) is 7.96. The van der Waals surface area contributed by atoms with E-state index in [-0.39, 0.29) is 17.2 Å². The zero-order valence-electron chi connectivity index (χ0n) is 6.30. The first-order valence-electron chi connectivity index (χ1n) is 3.41. The highest BCUT2D eigenvalue weighted by molar-refractivity contribution is 5.52. The number of nitrogens with zero attached hydrogens (tertiary/aromatic N) is 1. The Morgan fingerprint density at radius 3 is 2.62 bits per heavy atom. The summed E-state index contributed by atoms with van der Waals surface area (Å²) in [6, 6.07) is 3.98. The standard InChI is InChI=1S/C7H5NO5/c9-7(10)12-5-2-1-4(8-11)3-6(5)13-7/h1-3,9-10H. The first-order valence-corrected chi connectivity index (χ1v) is 3.41. The number of ether oxygens (including phenoxy) is 2. The molecule has 6 heteroatoms. The third kappa shape index (κ3) is 1.32. The molecule has 0 fully saturated rings. The average Bonchev–Trinajstić information content (AvgIpc) is 2.36. The molecule has 1 heterocycles. The highest BCUT2D eigenvalue weighted by Gasteiger charge is 2.38. The van der Waals surface area contributed by atoms with E-state index in [1.54, 1.807) is 0 Å². The molecule has 0 aromatic heterocycles. The normalized spacial score (nSPS) is 17.1. The maximum atomic E-state index is 10.1. The van der Waals surface area contributed by atoms with Gasteiger partial charge in [0.25, 0.3) is 0 Å². The molecule has 0 radical (unpaired) electrons. The summed E-state index contributed by atoms with van der Waals surface area (Å²) in [5.74, 6) is 0.222. The summed E-state index contributed by atoms with van der Waals surface area (Å²) >= 11 is 0. The molecule has 0 spiro atoms. The number of nitroso groups, excluding NO2 is 1. The van der Waals surface area contributed by atoms with E-state index < -0.39 is 6.16 Å². The Bertz CT molecular complexity index is 362. The monoisotopic (exact) mass is 183 g/mol. The fourth-order valence-corrected chi connectivity index (χ4v) is 1.02. The molecule has 0 saturated carbocycles. The Hall–Kier alpha value is -1.66. The summed E-state index contributed by atoms with van der Waals surface area (Å²) in [6.07, 6.45) is -2.65. The summed E-state index contributed by atoms with van der Waals surface area (Å²) in [5, 5.41) is 20.4. The number of rotatable bonds is 1. The van der Waals surface area contributed by atoms with Gasteiger partial charge in [-0.15, -0.1) is 4.91 Å². The Balaban J connectivity index is 2.41. The fraction of sp³-hybridized carbons (Fsp3) is 0.143. The molecule has 0 unspecified atom stereocenters. The zero-order valence-corrected chi connectivity index (χ0v) is 6.30. The minimum Gasteiger partial charge on any atom is -0.403 e. The third-order valence-electron chi connectivity index (χ3n) is 1.52. The van der Waals surface area contributed by atoms with Crippen LogP contribution in [0, 0.1) is 4.91 Å². The zero-order chi connectivity index (χ0) is 9.47. The lowest BCUT2D eigenvalue weighted by Gasteiger charge is -2.10. The molecule has 0 saturated heterocycles. The Labute approximate surface area is 72.3 Å². The minimum absolute atomic E-state index is 0.0714. The number of benzene rings is 1. The van der Waals surface area contributed by atoms with E-state index in [0.29, 0.717) is 0 Å². The highest BCUT2D eigenvalue weighted by atomic mass is 17.0. The van der Waals surface area contributed by atoms with Crippen LogP contribution in [0.3, 0.4) is 0 Å². The summed E-state index contributed by atoms with van der Waals surface area (Å²) in [6.45, 7) is 0. The van der Waals surface area contributed by atoms with E-state index in [1.807, 2.05) is 0 Å². The van der Waals surface area contributed by atoms with Gasteiger partial charge in [-0.25, -0.2) is 0 Å². The molecule has 0 amide bonds. The largest absolute Gasteiger partial charge is 0.505 e. The van der Waals surface area contributed by atoms with Crippen molar-refractivity contribution in [2.75, 3.05) is 0 Å². The van der Waals surface area contributed by atoms with Gasteiger partial charge in [-0.2, -0.15) is 0 Å². The predicted molar refractivity (Wildman–Crippen MR) is 40.3 cm³/mol. The van der Waals surface area contributed by atoms with Crippen LogP contribution in [0.1, 0.15) is 0 Å².